The summed E-state index contributed by atoms with van der Waals surface area (Å²) in [4.78, 5) is 0. The minimum absolute atomic E-state index is 0.0415. The molecule has 0 atom stereocenters. The Morgan fingerprint density at radius 3 is 1.31 bits per heavy atom. The molecule has 209 valence electrons. The highest BCUT2D eigenvalue weighted by molar-refractivity contribution is 6.81. The maximum Gasteiger partial charge on any atom is 0.226 e. The number of alkyl halides is 18. The smallest absolute Gasteiger partial charge is 0.0943 e. The lowest BCUT2D eigenvalue weighted by molar-refractivity contribution is 0.588. The average Bonchev–Trinajstić information content (AvgIpc) is 2.69. The van der Waals surface area contributed by atoms with Crippen molar-refractivity contribution in [3.8, 4) is 0 Å². The van der Waals surface area contributed by atoms with E-state index in [1.54, 1.807) is 6.42 Å². The number of unbranched alkanes of at least 4 members (excludes halogenated alkanes) is 1. The number of benzene rings is 1. The summed E-state index contributed by atoms with van der Waals surface area (Å²) in [7, 11) is 0. The molecule has 1 aromatic rings. The Hall–Kier alpha value is 4.44. The average molecular weight is 865 g/mol. The highest BCUT2D eigenvalue weighted by atomic mass is 35.6. The second-order valence-electron chi connectivity index (χ2n) is 7.24. The van der Waals surface area contributed by atoms with Crippen molar-refractivity contribution in [3.05, 3.63) is 41.3 Å². The van der Waals surface area contributed by atoms with Gasteiger partial charge in [-0.15, -0.1) is 0 Å². The van der Waals surface area contributed by atoms with E-state index in [4.69, 9.17) is 209 Å². The van der Waals surface area contributed by atoms with Gasteiger partial charge in [0.15, 0.2) is 17.3 Å². The molecule has 0 bridgehead atoms. The fraction of sp³-hybridized carbons (Fsp3) is 0.611. The first-order valence-corrected chi connectivity index (χ1v) is 15.8. The monoisotopic (exact) mass is 857 g/mol. The van der Waals surface area contributed by atoms with E-state index in [2.05, 4.69) is 0 Å². The van der Waals surface area contributed by atoms with Gasteiger partial charge in [-0.1, -0.05) is 234 Å². The molecule has 0 aromatic heterocycles. The molecular weight excluding hydrogens is 854 g/mol. The Kier molecular flexibility index (Phi) is 13.7. The molecule has 0 saturated carbocycles. The van der Waals surface area contributed by atoms with Crippen molar-refractivity contribution >= 4 is 209 Å². The first-order chi connectivity index (χ1) is 15.7. The van der Waals surface area contributed by atoms with Crippen LogP contribution in [0.15, 0.2) is 18.2 Å². The van der Waals surface area contributed by atoms with E-state index in [9.17, 15) is 0 Å². The Labute approximate surface area is 299 Å². The molecule has 0 aliphatic heterocycles. The molecule has 1 radical (unpaired) electrons. The second-order valence-corrected chi connectivity index (χ2v) is 19.8. The third-order valence-electron chi connectivity index (χ3n) is 4.70. The molecule has 36 heavy (non-hydrogen) atoms. The van der Waals surface area contributed by atoms with Crippen LogP contribution < -0.4 is 0 Å². The van der Waals surface area contributed by atoms with E-state index >= 15 is 0 Å². The predicted molar refractivity (Wildman–Crippen MR) is 170 cm³/mol. The summed E-state index contributed by atoms with van der Waals surface area (Å²) in [5, 5.41) is 0. The standard InChI is InChI=1S/C18H11Cl18/c1-2-3-4-8-5-6-9(11(19,20)13(23,24)15(27,28)17(31,32)33)7-10(8)12(21,22)14(25,26)16(29,30)18(34,35)36/h4-7H,2-3H2,1H3. The lowest BCUT2D eigenvalue weighted by Gasteiger charge is -2.46. The number of hydrogen-bond donors (Lipinski definition) is 0. The van der Waals surface area contributed by atoms with Gasteiger partial charge in [-0.25, -0.2) is 0 Å². The molecule has 1 aromatic carbocycles. The molecule has 1 rings (SSSR count). The number of rotatable bonds is 9. The van der Waals surface area contributed by atoms with Crippen LogP contribution in [0.1, 0.15) is 36.5 Å². The Morgan fingerprint density at radius 2 is 0.944 bits per heavy atom. The van der Waals surface area contributed by atoms with Gasteiger partial charge >= 0.3 is 0 Å². The van der Waals surface area contributed by atoms with Gasteiger partial charge in [0, 0.05) is 0 Å². The summed E-state index contributed by atoms with van der Waals surface area (Å²) >= 11 is 113. The molecule has 0 spiro atoms. The Balaban J connectivity index is 3.94. The normalized spacial score (nSPS) is 15.4. The number of halogens is 18. The maximum absolute atomic E-state index is 6.70. The van der Waals surface area contributed by atoms with Crippen LogP contribution in [0.2, 0.25) is 0 Å². The quantitative estimate of drug-likeness (QED) is 0.217. The van der Waals surface area contributed by atoms with Crippen LogP contribution in [0.4, 0.5) is 0 Å². The van der Waals surface area contributed by atoms with E-state index in [1.165, 1.54) is 18.2 Å². The van der Waals surface area contributed by atoms with Crippen molar-refractivity contribution < 1.29 is 0 Å². The predicted octanol–water partition coefficient (Wildman–Crippen LogP) is 13.7. The molecule has 0 aliphatic carbocycles. The molecule has 0 saturated heterocycles. The molecule has 0 nitrogen and oxygen atoms in total. The van der Waals surface area contributed by atoms with Gasteiger partial charge in [-0.2, -0.15) is 0 Å². The summed E-state index contributed by atoms with van der Waals surface area (Å²) in [5.74, 6) is 0. The van der Waals surface area contributed by atoms with E-state index in [1.807, 2.05) is 6.92 Å². The van der Waals surface area contributed by atoms with Gasteiger partial charge in [-0.05, 0) is 35.6 Å². The SMILES string of the molecule is CCC[CH]c1ccc(C(Cl)(Cl)C(Cl)(Cl)C(Cl)(Cl)C(Cl)(Cl)Cl)cc1C(Cl)(Cl)C(Cl)(Cl)C(Cl)(Cl)C(Cl)(Cl)Cl. The summed E-state index contributed by atoms with van der Waals surface area (Å²) in [6.07, 6.45) is 3.04. The maximum atomic E-state index is 6.70. The second kappa shape index (κ2) is 12.8. The molecule has 0 amide bonds. The minimum Gasteiger partial charge on any atom is -0.0943 e. The molecule has 0 fully saturated rings. The van der Waals surface area contributed by atoms with Crippen LogP contribution >= 0.6 is 209 Å². The van der Waals surface area contributed by atoms with Crippen LogP contribution in [0.5, 0.6) is 0 Å². The van der Waals surface area contributed by atoms with Crippen molar-refractivity contribution in [2.75, 3.05) is 0 Å². The lowest BCUT2D eigenvalue weighted by Crippen LogP contribution is -2.55. The van der Waals surface area contributed by atoms with Crippen molar-refractivity contribution in [1.29, 1.82) is 0 Å². The zero-order valence-corrected chi connectivity index (χ0v) is 30.6. The van der Waals surface area contributed by atoms with Crippen molar-refractivity contribution in [2.45, 2.75) is 53.4 Å². The van der Waals surface area contributed by atoms with Gasteiger partial charge in [0.25, 0.3) is 0 Å². The first kappa shape index (κ1) is 38.5. The molecule has 0 aliphatic rings. The molecule has 0 heterocycles. The van der Waals surface area contributed by atoms with Crippen molar-refractivity contribution in [1.82, 2.24) is 0 Å². The molecule has 0 N–H and O–H groups in total. The highest BCUT2D eigenvalue weighted by Crippen LogP contribution is 2.68. The topological polar surface area (TPSA) is 0 Å². The van der Waals surface area contributed by atoms with E-state index < -0.39 is 33.6 Å². The zero-order valence-electron chi connectivity index (χ0n) is 17.0. The van der Waals surface area contributed by atoms with Crippen molar-refractivity contribution in [3.63, 3.8) is 0 Å². The third kappa shape index (κ3) is 7.05. The van der Waals surface area contributed by atoms with Gasteiger partial charge in [-0.3, -0.25) is 0 Å². The fourth-order valence-corrected chi connectivity index (χ4v) is 7.10. The van der Waals surface area contributed by atoms with Crippen molar-refractivity contribution in [2.24, 2.45) is 0 Å². The lowest BCUT2D eigenvalue weighted by atomic mass is 9.92. The fourth-order valence-electron chi connectivity index (χ4n) is 2.60. The van der Waals surface area contributed by atoms with Gasteiger partial charge < -0.3 is 0 Å². The molecular formula is C18H11Cl18. The largest absolute Gasteiger partial charge is 0.226 e. The molecule has 0 unspecified atom stereocenters. The van der Waals surface area contributed by atoms with Crippen LogP contribution in [-0.2, 0) is 8.67 Å². The van der Waals surface area contributed by atoms with E-state index in [0.717, 1.165) is 6.42 Å². The summed E-state index contributed by atoms with van der Waals surface area (Å²) in [6, 6.07) is 4.14. The zero-order chi connectivity index (χ0) is 29.0. The Bertz CT molecular complexity index is 921. The summed E-state index contributed by atoms with van der Waals surface area (Å²) in [6.45, 7) is 1.92. The van der Waals surface area contributed by atoms with Gasteiger partial charge in [0.05, 0.1) is 0 Å². The van der Waals surface area contributed by atoms with Crippen LogP contribution in [0, 0.1) is 6.42 Å². The van der Waals surface area contributed by atoms with Crippen LogP contribution in [-0.4, -0.2) is 24.9 Å². The first-order valence-electron chi connectivity index (χ1n) is 9.04. The van der Waals surface area contributed by atoms with Crippen LogP contribution in [0.3, 0.4) is 0 Å². The number of hydrogen-bond acceptors (Lipinski definition) is 0. The van der Waals surface area contributed by atoms with Gasteiger partial charge in [0.2, 0.25) is 16.3 Å². The highest BCUT2D eigenvalue weighted by Gasteiger charge is 2.70. The van der Waals surface area contributed by atoms with Gasteiger partial charge in [0.1, 0.15) is 0 Å². The van der Waals surface area contributed by atoms with E-state index in [0.29, 0.717) is 12.0 Å². The molecule has 18 heteroatoms. The summed E-state index contributed by atoms with van der Waals surface area (Å²) < 4.78 is -20.0. The van der Waals surface area contributed by atoms with E-state index in [-0.39, 0.29) is 11.1 Å². The third-order valence-corrected chi connectivity index (χ3v) is 15.6. The Morgan fingerprint density at radius 1 is 0.556 bits per heavy atom. The minimum atomic E-state index is -2.59. The summed E-state index contributed by atoms with van der Waals surface area (Å²) in [5.41, 5.74) is 0.269. The van der Waals surface area contributed by atoms with Crippen LogP contribution in [0.25, 0.3) is 0 Å².